The molecule has 1 heterocycles. The molecule has 1 atom stereocenters. The smallest absolute Gasteiger partial charge is 0.231 e. The molecule has 1 aromatic heterocycles. The van der Waals surface area contributed by atoms with Gasteiger partial charge in [-0.05, 0) is 24.6 Å². The minimum absolute atomic E-state index is 0.0580. The Hall–Kier alpha value is -1.88. The van der Waals surface area contributed by atoms with Crippen molar-refractivity contribution in [2.24, 2.45) is 5.73 Å². The standard InChI is InChI=1S/C13H17N3O2/c1-8-4-5-10(11(6-8)17-3)12-15-13(18-16-12)9(2)7-14/h4-6,9H,7,14H2,1-3H3. The van der Waals surface area contributed by atoms with Gasteiger partial charge in [-0.3, -0.25) is 0 Å². The van der Waals surface area contributed by atoms with E-state index in [1.54, 1.807) is 7.11 Å². The van der Waals surface area contributed by atoms with Crippen molar-refractivity contribution in [1.82, 2.24) is 10.1 Å². The van der Waals surface area contributed by atoms with Gasteiger partial charge in [-0.25, -0.2) is 0 Å². The zero-order chi connectivity index (χ0) is 13.1. The summed E-state index contributed by atoms with van der Waals surface area (Å²) < 4.78 is 10.5. The first-order valence-electron chi connectivity index (χ1n) is 5.84. The van der Waals surface area contributed by atoms with Crippen LogP contribution in [0.4, 0.5) is 0 Å². The first-order valence-corrected chi connectivity index (χ1v) is 5.84. The maximum absolute atomic E-state index is 5.58. The molecule has 0 fully saturated rings. The normalized spacial score (nSPS) is 12.4. The highest BCUT2D eigenvalue weighted by Gasteiger charge is 2.16. The van der Waals surface area contributed by atoms with Crippen LogP contribution in [-0.2, 0) is 0 Å². The topological polar surface area (TPSA) is 74.2 Å². The molecule has 5 nitrogen and oxygen atoms in total. The lowest BCUT2D eigenvalue weighted by atomic mass is 10.1. The van der Waals surface area contributed by atoms with Gasteiger partial charge in [0.25, 0.3) is 0 Å². The fourth-order valence-corrected chi connectivity index (χ4v) is 1.63. The lowest BCUT2D eigenvalue weighted by Gasteiger charge is -2.05. The van der Waals surface area contributed by atoms with Crippen LogP contribution in [0.1, 0.15) is 24.3 Å². The Bertz CT molecular complexity index is 537. The Morgan fingerprint density at radius 1 is 1.44 bits per heavy atom. The highest BCUT2D eigenvalue weighted by molar-refractivity contribution is 5.64. The van der Waals surface area contributed by atoms with Crippen molar-refractivity contribution in [3.8, 4) is 17.1 Å². The highest BCUT2D eigenvalue weighted by atomic mass is 16.5. The minimum atomic E-state index is 0.0580. The third-order valence-corrected chi connectivity index (χ3v) is 2.81. The van der Waals surface area contributed by atoms with Crippen molar-refractivity contribution < 1.29 is 9.26 Å². The average molecular weight is 247 g/mol. The summed E-state index contributed by atoms with van der Waals surface area (Å²) in [6.07, 6.45) is 0. The maximum atomic E-state index is 5.58. The van der Waals surface area contributed by atoms with Crippen LogP contribution in [0.15, 0.2) is 22.7 Å². The van der Waals surface area contributed by atoms with Crippen LogP contribution in [0, 0.1) is 6.92 Å². The number of benzene rings is 1. The monoisotopic (exact) mass is 247 g/mol. The van der Waals surface area contributed by atoms with Gasteiger partial charge in [0.15, 0.2) is 0 Å². The maximum Gasteiger partial charge on any atom is 0.231 e. The quantitative estimate of drug-likeness (QED) is 0.895. The van der Waals surface area contributed by atoms with E-state index < -0.39 is 0 Å². The van der Waals surface area contributed by atoms with Gasteiger partial charge in [0.2, 0.25) is 11.7 Å². The third-order valence-electron chi connectivity index (χ3n) is 2.81. The Balaban J connectivity index is 2.39. The summed E-state index contributed by atoms with van der Waals surface area (Å²) in [5.74, 6) is 1.88. The Morgan fingerprint density at radius 3 is 2.89 bits per heavy atom. The molecule has 0 saturated heterocycles. The summed E-state index contributed by atoms with van der Waals surface area (Å²) in [6, 6.07) is 5.86. The molecule has 18 heavy (non-hydrogen) atoms. The van der Waals surface area contributed by atoms with Crippen LogP contribution < -0.4 is 10.5 Å². The van der Waals surface area contributed by atoms with E-state index >= 15 is 0 Å². The van der Waals surface area contributed by atoms with Crippen molar-refractivity contribution in [2.45, 2.75) is 19.8 Å². The van der Waals surface area contributed by atoms with Crippen molar-refractivity contribution in [2.75, 3.05) is 13.7 Å². The van der Waals surface area contributed by atoms with Crippen LogP contribution in [0.3, 0.4) is 0 Å². The van der Waals surface area contributed by atoms with E-state index in [9.17, 15) is 0 Å². The lowest BCUT2D eigenvalue weighted by molar-refractivity contribution is 0.361. The van der Waals surface area contributed by atoms with Gasteiger partial charge in [0.05, 0.1) is 12.7 Å². The van der Waals surface area contributed by atoms with E-state index in [-0.39, 0.29) is 5.92 Å². The van der Waals surface area contributed by atoms with E-state index in [2.05, 4.69) is 10.1 Å². The summed E-state index contributed by atoms with van der Waals surface area (Å²) in [7, 11) is 1.63. The molecule has 5 heteroatoms. The first-order chi connectivity index (χ1) is 8.65. The summed E-state index contributed by atoms with van der Waals surface area (Å²) in [6.45, 7) is 4.43. The number of ether oxygens (including phenoxy) is 1. The molecular formula is C13H17N3O2. The van der Waals surface area contributed by atoms with E-state index in [0.29, 0.717) is 18.3 Å². The van der Waals surface area contributed by atoms with Crippen molar-refractivity contribution in [1.29, 1.82) is 0 Å². The van der Waals surface area contributed by atoms with Crippen molar-refractivity contribution >= 4 is 0 Å². The van der Waals surface area contributed by atoms with Gasteiger partial charge in [-0.15, -0.1) is 0 Å². The second-order valence-electron chi connectivity index (χ2n) is 4.30. The van der Waals surface area contributed by atoms with E-state index in [4.69, 9.17) is 15.0 Å². The fraction of sp³-hybridized carbons (Fsp3) is 0.385. The van der Waals surface area contributed by atoms with Gasteiger partial charge >= 0.3 is 0 Å². The Kier molecular flexibility index (Phi) is 3.62. The molecule has 0 saturated carbocycles. The van der Waals surface area contributed by atoms with E-state index in [0.717, 1.165) is 16.9 Å². The van der Waals surface area contributed by atoms with E-state index in [1.165, 1.54) is 0 Å². The number of nitrogens with zero attached hydrogens (tertiary/aromatic N) is 2. The zero-order valence-electron chi connectivity index (χ0n) is 10.8. The number of aromatic nitrogens is 2. The number of hydrogen-bond donors (Lipinski definition) is 1. The number of aryl methyl sites for hydroxylation is 1. The molecule has 2 aromatic rings. The third kappa shape index (κ3) is 2.36. The van der Waals surface area contributed by atoms with Gasteiger partial charge in [0.1, 0.15) is 5.75 Å². The molecule has 0 bridgehead atoms. The molecule has 0 aliphatic rings. The van der Waals surface area contributed by atoms with Gasteiger partial charge < -0.3 is 15.0 Å². The van der Waals surface area contributed by atoms with Crippen LogP contribution in [0.2, 0.25) is 0 Å². The molecule has 0 spiro atoms. The molecule has 0 radical (unpaired) electrons. The molecule has 2 N–H and O–H groups in total. The largest absolute Gasteiger partial charge is 0.496 e. The Labute approximate surface area is 106 Å². The predicted octanol–water partition coefficient (Wildman–Crippen LogP) is 2.12. The molecule has 1 aromatic carbocycles. The summed E-state index contributed by atoms with van der Waals surface area (Å²) in [5.41, 5.74) is 7.52. The number of hydrogen-bond acceptors (Lipinski definition) is 5. The molecule has 0 amide bonds. The summed E-state index contributed by atoms with van der Waals surface area (Å²) in [4.78, 5) is 4.35. The van der Waals surface area contributed by atoms with Crippen LogP contribution in [0.5, 0.6) is 5.75 Å². The van der Waals surface area contributed by atoms with Gasteiger partial charge in [-0.1, -0.05) is 18.1 Å². The molecule has 0 aliphatic heterocycles. The average Bonchev–Trinajstić information content (AvgIpc) is 2.87. The highest BCUT2D eigenvalue weighted by Crippen LogP contribution is 2.29. The van der Waals surface area contributed by atoms with E-state index in [1.807, 2.05) is 32.0 Å². The van der Waals surface area contributed by atoms with Gasteiger partial charge in [-0.2, -0.15) is 4.98 Å². The first kappa shape index (κ1) is 12.6. The molecule has 0 aliphatic carbocycles. The molecule has 1 unspecified atom stereocenters. The molecule has 2 rings (SSSR count). The SMILES string of the molecule is COc1cc(C)ccc1-c1noc(C(C)CN)n1. The Morgan fingerprint density at radius 2 is 2.22 bits per heavy atom. The number of nitrogens with two attached hydrogens (primary N) is 1. The van der Waals surface area contributed by atoms with Crippen molar-refractivity contribution in [3.63, 3.8) is 0 Å². The molecule has 96 valence electrons. The summed E-state index contributed by atoms with van der Waals surface area (Å²) in [5, 5.41) is 3.97. The number of rotatable bonds is 4. The molecular weight excluding hydrogens is 230 g/mol. The second-order valence-corrected chi connectivity index (χ2v) is 4.30. The predicted molar refractivity (Wildman–Crippen MR) is 68.5 cm³/mol. The number of methoxy groups -OCH3 is 1. The van der Waals surface area contributed by atoms with Gasteiger partial charge in [0, 0.05) is 12.5 Å². The zero-order valence-corrected chi connectivity index (χ0v) is 10.8. The lowest BCUT2D eigenvalue weighted by Crippen LogP contribution is -2.08. The van der Waals surface area contributed by atoms with Crippen LogP contribution >= 0.6 is 0 Å². The van der Waals surface area contributed by atoms with Crippen LogP contribution in [-0.4, -0.2) is 23.8 Å². The fourth-order valence-electron chi connectivity index (χ4n) is 1.63. The second kappa shape index (κ2) is 5.18. The minimum Gasteiger partial charge on any atom is -0.496 e. The summed E-state index contributed by atoms with van der Waals surface area (Å²) >= 11 is 0. The van der Waals surface area contributed by atoms with Crippen molar-refractivity contribution in [3.05, 3.63) is 29.7 Å². The van der Waals surface area contributed by atoms with Crippen LogP contribution in [0.25, 0.3) is 11.4 Å².